The molecule has 6 nitrogen and oxygen atoms in total. The molecule has 3 aromatic carbocycles. The Balaban J connectivity index is 1.92. The van der Waals surface area contributed by atoms with Crippen molar-refractivity contribution in [1.82, 2.24) is 0 Å². The highest BCUT2D eigenvalue weighted by atomic mass is 16.6. The lowest BCUT2D eigenvalue weighted by atomic mass is 10.1. The van der Waals surface area contributed by atoms with Gasteiger partial charge in [-0.1, -0.05) is 24.3 Å². The third-order valence-electron chi connectivity index (χ3n) is 3.69. The van der Waals surface area contributed by atoms with Crippen molar-refractivity contribution in [1.29, 1.82) is 0 Å². The Morgan fingerprint density at radius 2 is 1.67 bits per heavy atom. The predicted molar refractivity (Wildman–Crippen MR) is 91.5 cm³/mol. The highest BCUT2D eigenvalue weighted by Gasteiger charge is 2.12. The molecule has 6 heteroatoms. The number of hydrogen-bond acceptors (Lipinski definition) is 4. The molecule has 0 aliphatic carbocycles. The van der Waals surface area contributed by atoms with E-state index in [2.05, 4.69) is 5.32 Å². The fourth-order valence-corrected chi connectivity index (χ4v) is 2.49. The molecular formula is C18H14N2O4. The summed E-state index contributed by atoms with van der Waals surface area (Å²) in [6.45, 7) is 0. The van der Waals surface area contributed by atoms with Crippen LogP contribution >= 0.6 is 0 Å². The van der Waals surface area contributed by atoms with Crippen LogP contribution in [0.1, 0.15) is 10.4 Å². The number of nitrogens with one attached hydrogen (secondary N) is 1. The van der Waals surface area contributed by atoms with Gasteiger partial charge in [-0.2, -0.15) is 0 Å². The lowest BCUT2D eigenvalue weighted by Crippen LogP contribution is -2.12. The van der Waals surface area contributed by atoms with Gasteiger partial charge in [0.2, 0.25) is 0 Å². The summed E-state index contributed by atoms with van der Waals surface area (Å²) in [6, 6.07) is 16.6. The van der Waals surface area contributed by atoms with Crippen molar-refractivity contribution in [2.45, 2.75) is 0 Å². The van der Waals surface area contributed by atoms with Crippen molar-refractivity contribution in [3.05, 3.63) is 76.3 Å². The lowest BCUT2D eigenvalue weighted by Gasteiger charge is -2.11. The molecule has 0 atom stereocenters. The summed E-state index contributed by atoms with van der Waals surface area (Å²) in [7, 11) is 1.59. The molecule has 0 saturated carbocycles. The maximum absolute atomic E-state index is 12.4. The van der Waals surface area contributed by atoms with Gasteiger partial charge in [0.25, 0.3) is 11.6 Å². The maximum Gasteiger partial charge on any atom is 0.269 e. The van der Waals surface area contributed by atoms with Crippen LogP contribution < -0.4 is 10.1 Å². The zero-order valence-electron chi connectivity index (χ0n) is 12.9. The first-order valence-electron chi connectivity index (χ1n) is 7.21. The molecule has 24 heavy (non-hydrogen) atoms. The number of benzene rings is 3. The molecule has 0 saturated heterocycles. The van der Waals surface area contributed by atoms with E-state index in [0.29, 0.717) is 11.3 Å². The molecule has 1 amide bonds. The van der Waals surface area contributed by atoms with Gasteiger partial charge < -0.3 is 10.1 Å². The summed E-state index contributed by atoms with van der Waals surface area (Å²) < 4.78 is 5.33. The average molecular weight is 322 g/mol. The number of nitrogens with zero attached hydrogens (tertiary/aromatic N) is 1. The van der Waals surface area contributed by atoms with Gasteiger partial charge in [0.15, 0.2) is 0 Å². The molecule has 120 valence electrons. The third-order valence-corrected chi connectivity index (χ3v) is 3.69. The Bertz CT molecular complexity index is 920. The number of hydrogen-bond donors (Lipinski definition) is 1. The molecule has 0 aliphatic heterocycles. The number of carbonyl (C=O) groups is 1. The summed E-state index contributed by atoms with van der Waals surface area (Å²) in [5, 5.41) is 15.3. The summed E-state index contributed by atoms with van der Waals surface area (Å²) >= 11 is 0. The summed E-state index contributed by atoms with van der Waals surface area (Å²) in [5.41, 5.74) is 0.941. The molecule has 0 bridgehead atoms. The van der Waals surface area contributed by atoms with Crippen LogP contribution in [0.5, 0.6) is 5.75 Å². The average Bonchev–Trinajstić information content (AvgIpc) is 2.62. The Labute approximate surface area is 137 Å². The molecule has 0 aliphatic rings. The van der Waals surface area contributed by atoms with E-state index in [0.717, 1.165) is 16.5 Å². The van der Waals surface area contributed by atoms with Crippen LogP contribution in [0.4, 0.5) is 11.4 Å². The van der Waals surface area contributed by atoms with Crippen LogP contribution in [0.15, 0.2) is 60.7 Å². The lowest BCUT2D eigenvalue weighted by molar-refractivity contribution is -0.384. The fraction of sp³-hybridized carbons (Fsp3) is 0.0556. The number of ether oxygens (including phenoxy) is 1. The van der Waals surface area contributed by atoms with Gasteiger partial charge in [-0.3, -0.25) is 14.9 Å². The summed E-state index contributed by atoms with van der Waals surface area (Å²) in [4.78, 5) is 22.6. The predicted octanol–water partition coefficient (Wildman–Crippen LogP) is 4.01. The molecule has 3 aromatic rings. The second kappa shape index (κ2) is 6.37. The second-order valence-corrected chi connectivity index (χ2v) is 5.12. The Morgan fingerprint density at radius 1 is 1.00 bits per heavy atom. The SMILES string of the molecule is COc1ccc(NC(=O)c2ccc([N+](=O)[O-])cc2)c2ccccc12. The highest BCUT2D eigenvalue weighted by molar-refractivity contribution is 6.10. The van der Waals surface area contributed by atoms with Crippen LogP contribution in [0, 0.1) is 10.1 Å². The number of fused-ring (bicyclic) bond motifs is 1. The number of nitro benzene ring substituents is 1. The smallest absolute Gasteiger partial charge is 0.269 e. The van der Waals surface area contributed by atoms with Gasteiger partial charge >= 0.3 is 0 Å². The third kappa shape index (κ3) is 2.89. The topological polar surface area (TPSA) is 81.5 Å². The normalized spacial score (nSPS) is 10.4. The van der Waals surface area contributed by atoms with Crippen molar-refractivity contribution in [2.24, 2.45) is 0 Å². The number of nitro groups is 1. The van der Waals surface area contributed by atoms with E-state index in [1.54, 1.807) is 19.2 Å². The van der Waals surface area contributed by atoms with E-state index in [1.807, 2.05) is 24.3 Å². The fourth-order valence-electron chi connectivity index (χ4n) is 2.49. The Kier molecular flexibility index (Phi) is 4.11. The van der Waals surface area contributed by atoms with E-state index >= 15 is 0 Å². The van der Waals surface area contributed by atoms with Gasteiger partial charge in [0, 0.05) is 34.2 Å². The molecule has 0 spiro atoms. The standard InChI is InChI=1S/C18H14N2O4/c1-24-17-11-10-16(14-4-2-3-5-15(14)17)19-18(21)12-6-8-13(9-7-12)20(22)23/h2-11H,1H3,(H,19,21). The first kappa shape index (κ1) is 15.5. The minimum Gasteiger partial charge on any atom is -0.496 e. The zero-order chi connectivity index (χ0) is 17.1. The van der Waals surface area contributed by atoms with E-state index < -0.39 is 4.92 Å². The van der Waals surface area contributed by atoms with Crippen LogP contribution in [0.2, 0.25) is 0 Å². The van der Waals surface area contributed by atoms with Gasteiger partial charge in [0.05, 0.1) is 12.0 Å². The van der Waals surface area contributed by atoms with Crippen LogP contribution in [0.3, 0.4) is 0 Å². The van der Waals surface area contributed by atoms with Crippen molar-refractivity contribution < 1.29 is 14.5 Å². The minimum atomic E-state index is -0.501. The van der Waals surface area contributed by atoms with E-state index in [4.69, 9.17) is 4.74 Å². The van der Waals surface area contributed by atoms with Crippen molar-refractivity contribution in [2.75, 3.05) is 12.4 Å². The van der Waals surface area contributed by atoms with E-state index in [1.165, 1.54) is 24.3 Å². The summed E-state index contributed by atoms with van der Waals surface area (Å²) in [6.07, 6.45) is 0. The number of rotatable bonds is 4. The molecule has 0 unspecified atom stereocenters. The largest absolute Gasteiger partial charge is 0.496 e. The van der Waals surface area contributed by atoms with Gasteiger partial charge in [-0.05, 0) is 24.3 Å². The minimum absolute atomic E-state index is 0.0542. The maximum atomic E-state index is 12.4. The quantitative estimate of drug-likeness (QED) is 0.581. The monoisotopic (exact) mass is 322 g/mol. The second-order valence-electron chi connectivity index (χ2n) is 5.12. The molecule has 0 radical (unpaired) electrons. The van der Waals surface area contributed by atoms with Gasteiger partial charge in [-0.25, -0.2) is 0 Å². The van der Waals surface area contributed by atoms with Crippen molar-refractivity contribution in [3.63, 3.8) is 0 Å². The number of methoxy groups -OCH3 is 1. The van der Waals surface area contributed by atoms with Gasteiger partial charge in [-0.15, -0.1) is 0 Å². The van der Waals surface area contributed by atoms with Crippen molar-refractivity contribution >= 4 is 28.1 Å². The molecule has 0 fully saturated rings. The number of non-ortho nitro benzene ring substituents is 1. The first-order chi connectivity index (χ1) is 11.6. The van der Waals surface area contributed by atoms with Crippen LogP contribution in [0.25, 0.3) is 10.8 Å². The first-order valence-corrected chi connectivity index (χ1v) is 7.21. The molecular weight excluding hydrogens is 308 g/mol. The molecule has 0 aromatic heterocycles. The van der Waals surface area contributed by atoms with Crippen LogP contribution in [-0.4, -0.2) is 17.9 Å². The Morgan fingerprint density at radius 3 is 2.29 bits per heavy atom. The van der Waals surface area contributed by atoms with Gasteiger partial charge in [0.1, 0.15) is 5.75 Å². The van der Waals surface area contributed by atoms with E-state index in [9.17, 15) is 14.9 Å². The number of carbonyl (C=O) groups excluding carboxylic acids is 1. The molecule has 3 rings (SSSR count). The molecule has 0 heterocycles. The number of amides is 1. The number of anilines is 1. The van der Waals surface area contributed by atoms with Crippen molar-refractivity contribution in [3.8, 4) is 5.75 Å². The van der Waals surface area contributed by atoms with E-state index in [-0.39, 0.29) is 11.6 Å². The summed E-state index contributed by atoms with van der Waals surface area (Å²) in [5.74, 6) is 0.388. The zero-order valence-corrected chi connectivity index (χ0v) is 12.9. The van der Waals surface area contributed by atoms with Crippen LogP contribution in [-0.2, 0) is 0 Å². The Hall–Kier alpha value is -3.41. The molecule has 1 N–H and O–H groups in total. The highest BCUT2D eigenvalue weighted by Crippen LogP contribution is 2.31.